The summed E-state index contributed by atoms with van der Waals surface area (Å²) < 4.78 is 25.0. The van der Waals surface area contributed by atoms with Crippen molar-refractivity contribution in [3.8, 4) is 0 Å². The Morgan fingerprint density at radius 1 is 0.915 bits per heavy atom. The second kappa shape index (κ2) is 14.0. The summed E-state index contributed by atoms with van der Waals surface area (Å²) >= 11 is 0. The van der Waals surface area contributed by atoms with Crippen LogP contribution in [0.1, 0.15) is 106 Å². The molecule has 4 fully saturated rings. The van der Waals surface area contributed by atoms with Crippen LogP contribution in [0.2, 0.25) is 0 Å². The monoisotopic (exact) mass is 679 g/mol. The van der Waals surface area contributed by atoms with Crippen molar-refractivity contribution in [2.24, 2.45) is 40.7 Å². The van der Waals surface area contributed by atoms with E-state index in [1.165, 1.54) is 0 Å². The van der Waals surface area contributed by atoms with Gasteiger partial charge in [0.25, 0.3) is 5.91 Å². The number of piperidine rings is 1. The molecule has 3 aliphatic carbocycles. The fourth-order valence-electron chi connectivity index (χ4n) is 7.80. The van der Waals surface area contributed by atoms with Crippen molar-refractivity contribution >= 4 is 39.4 Å². The summed E-state index contributed by atoms with van der Waals surface area (Å²) in [6.45, 7) is 13.0. The SMILES string of the molecule is CC(C)[C@@H](CS(=O)(=O)C(C)(C)C)NC(=O)N[C@H](C(=O)N1CC2C([C@H]1C(=O)NC(CC1CCC1)C(=O)C(N)=O)C2(C)C)C1CCCCC1. The van der Waals surface area contributed by atoms with Crippen molar-refractivity contribution in [2.75, 3.05) is 12.3 Å². The molecule has 0 aromatic heterocycles. The van der Waals surface area contributed by atoms with Gasteiger partial charge >= 0.3 is 6.03 Å². The molecule has 5 N–H and O–H groups in total. The third kappa shape index (κ3) is 8.13. The molecule has 13 heteroatoms. The predicted octanol–water partition coefficient (Wildman–Crippen LogP) is 2.68. The number of carbonyl (C=O) groups excluding carboxylic acids is 5. The molecule has 0 aromatic carbocycles. The van der Waals surface area contributed by atoms with Crippen LogP contribution in [-0.2, 0) is 29.0 Å². The van der Waals surface area contributed by atoms with Gasteiger partial charge in [-0.05, 0) is 75.0 Å². The molecule has 5 amide bonds. The molecule has 12 nitrogen and oxygen atoms in total. The van der Waals surface area contributed by atoms with Crippen molar-refractivity contribution in [1.29, 1.82) is 0 Å². The molecule has 6 atom stereocenters. The zero-order chi connectivity index (χ0) is 35.1. The number of ketones is 1. The Hall–Kier alpha value is -2.70. The summed E-state index contributed by atoms with van der Waals surface area (Å²) in [7, 11) is -3.54. The van der Waals surface area contributed by atoms with Crippen molar-refractivity contribution < 1.29 is 32.4 Å². The first-order valence-corrected chi connectivity index (χ1v) is 19.1. The van der Waals surface area contributed by atoms with Crippen LogP contribution in [0.3, 0.4) is 0 Å². The zero-order valence-electron chi connectivity index (χ0n) is 29.3. The fraction of sp³-hybridized carbons (Fsp3) is 0.853. The normalized spacial score (nSPS) is 26.4. The lowest BCUT2D eigenvalue weighted by Crippen LogP contribution is -2.61. The molecule has 3 saturated carbocycles. The van der Waals surface area contributed by atoms with Crippen LogP contribution in [0.4, 0.5) is 4.79 Å². The number of primary amides is 1. The van der Waals surface area contributed by atoms with E-state index in [-0.39, 0.29) is 46.7 Å². The Morgan fingerprint density at radius 2 is 1.53 bits per heavy atom. The Balaban J connectivity index is 1.55. The Kier molecular flexibility index (Phi) is 11.1. The average Bonchev–Trinajstić information content (AvgIpc) is 3.26. The van der Waals surface area contributed by atoms with Crippen molar-refractivity contribution in [3.63, 3.8) is 0 Å². The van der Waals surface area contributed by atoms with Gasteiger partial charge in [0.05, 0.1) is 16.5 Å². The highest BCUT2D eigenvalue weighted by molar-refractivity contribution is 7.92. The highest BCUT2D eigenvalue weighted by Crippen LogP contribution is 2.65. The number of nitrogens with one attached hydrogen (secondary N) is 3. The van der Waals surface area contributed by atoms with E-state index in [2.05, 4.69) is 29.8 Å². The highest BCUT2D eigenvalue weighted by Gasteiger charge is 2.69. The zero-order valence-corrected chi connectivity index (χ0v) is 30.1. The maximum absolute atomic E-state index is 14.5. The molecule has 1 heterocycles. The van der Waals surface area contributed by atoms with Gasteiger partial charge in [0.15, 0.2) is 9.84 Å². The average molecular weight is 680 g/mol. The molecule has 0 spiro atoms. The fourth-order valence-corrected chi connectivity index (χ4v) is 9.24. The van der Waals surface area contributed by atoms with E-state index < -0.39 is 62.4 Å². The van der Waals surface area contributed by atoms with E-state index in [1.807, 2.05) is 13.8 Å². The first-order chi connectivity index (χ1) is 21.8. The number of nitrogens with zero attached hydrogens (tertiary/aromatic N) is 1. The van der Waals surface area contributed by atoms with E-state index >= 15 is 0 Å². The smallest absolute Gasteiger partial charge is 0.315 e. The van der Waals surface area contributed by atoms with Gasteiger partial charge in [-0.3, -0.25) is 19.2 Å². The van der Waals surface area contributed by atoms with Crippen LogP contribution in [0.5, 0.6) is 0 Å². The summed E-state index contributed by atoms with van der Waals surface area (Å²) in [5, 5.41) is 8.57. The first-order valence-electron chi connectivity index (χ1n) is 17.5. The molecule has 47 heavy (non-hydrogen) atoms. The highest BCUT2D eigenvalue weighted by atomic mass is 32.2. The second-order valence-electron chi connectivity index (χ2n) is 16.4. The second-order valence-corrected chi connectivity index (χ2v) is 19.2. The van der Waals surface area contributed by atoms with Gasteiger partial charge in [-0.25, -0.2) is 13.2 Å². The lowest BCUT2D eigenvalue weighted by Gasteiger charge is -2.37. The minimum atomic E-state index is -3.54. The van der Waals surface area contributed by atoms with E-state index in [9.17, 15) is 32.4 Å². The molecular formula is C34H57N5O7S. The predicted molar refractivity (Wildman–Crippen MR) is 179 cm³/mol. The third-order valence-electron chi connectivity index (χ3n) is 11.6. The number of hydrogen-bond acceptors (Lipinski definition) is 7. The van der Waals surface area contributed by atoms with Crippen molar-refractivity contribution in [3.05, 3.63) is 0 Å². The van der Waals surface area contributed by atoms with Crippen molar-refractivity contribution in [1.82, 2.24) is 20.9 Å². The van der Waals surface area contributed by atoms with Gasteiger partial charge in [-0.15, -0.1) is 0 Å². The number of hydrogen-bond donors (Lipinski definition) is 4. The molecule has 4 rings (SSSR count). The number of urea groups is 1. The molecule has 0 radical (unpaired) electrons. The molecule has 0 aromatic rings. The minimum absolute atomic E-state index is 0.0767. The minimum Gasteiger partial charge on any atom is -0.363 e. The number of sulfone groups is 1. The van der Waals surface area contributed by atoms with E-state index in [1.54, 1.807) is 25.7 Å². The number of amides is 5. The lowest BCUT2D eigenvalue weighted by molar-refractivity contribution is -0.144. The summed E-state index contributed by atoms with van der Waals surface area (Å²) in [6, 6.07) is -4.09. The summed E-state index contributed by atoms with van der Waals surface area (Å²) in [6.07, 6.45) is 7.54. The Morgan fingerprint density at radius 3 is 2.04 bits per heavy atom. The van der Waals surface area contributed by atoms with Gasteiger partial charge in [-0.1, -0.05) is 66.2 Å². The largest absolute Gasteiger partial charge is 0.363 e. The maximum atomic E-state index is 14.5. The van der Waals surface area contributed by atoms with E-state index in [0.717, 1.165) is 51.4 Å². The quantitative estimate of drug-likeness (QED) is 0.216. The van der Waals surface area contributed by atoms with Crippen LogP contribution in [0.25, 0.3) is 0 Å². The third-order valence-corrected chi connectivity index (χ3v) is 14.2. The van der Waals surface area contributed by atoms with Gasteiger partial charge in [0, 0.05) is 12.6 Å². The number of likely N-dealkylation sites (tertiary alicyclic amines) is 1. The summed E-state index contributed by atoms with van der Waals surface area (Å²) in [5.41, 5.74) is 5.16. The van der Waals surface area contributed by atoms with E-state index in [4.69, 9.17) is 5.73 Å². The van der Waals surface area contributed by atoms with Gasteiger partial charge < -0.3 is 26.6 Å². The Bertz CT molecular complexity index is 1330. The number of carbonyl (C=O) groups is 5. The van der Waals surface area contributed by atoms with Gasteiger partial charge in [-0.2, -0.15) is 0 Å². The lowest BCUT2D eigenvalue weighted by atomic mass is 9.80. The molecule has 1 aliphatic heterocycles. The number of fused-ring (bicyclic) bond motifs is 1. The van der Waals surface area contributed by atoms with E-state index in [0.29, 0.717) is 13.0 Å². The van der Waals surface area contributed by atoms with Crippen LogP contribution in [0, 0.1) is 35.0 Å². The summed E-state index contributed by atoms with van der Waals surface area (Å²) in [5.74, 6) is -3.15. The Labute approximate surface area is 280 Å². The molecule has 0 bridgehead atoms. The van der Waals surface area contributed by atoms with Crippen LogP contribution < -0.4 is 21.7 Å². The maximum Gasteiger partial charge on any atom is 0.315 e. The summed E-state index contributed by atoms with van der Waals surface area (Å²) in [4.78, 5) is 68.2. The van der Waals surface area contributed by atoms with Gasteiger partial charge in [0.2, 0.25) is 17.6 Å². The van der Waals surface area contributed by atoms with Gasteiger partial charge in [0.1, 0.15) is 12.1 Å². The standard InChI is InChI=1S/C34H57N5O7S/c1-19(2)24(18-47(45,46)33(3,4)5)37-32(44)38-26(21-14-9-8-10-15-21)31(43)39-17-22-25(34(22,6)7)27(39)30(42)36-23(28(40)29(35)41)16-20-12-11-13-20/h19-27H,8-18H2,1-7H3,(H2,35,41)(H,36,42)(H2,37,38,44)/t22?,23?,24-,25?,26+,27+/m1/s1. The number of Topliss-reactive ketones (excluding diaryl/α,β-unsaturated/α-hetero) is 1. The molecule has 3 unspecified atom stereocenters. The molecule has 266 valence electrons. The first kappa shape index (κ1) is 37.1. The van der Waals surface area contributed by atoms with Crippen LogP contribution >= 0.6 is 0 Å². The number of rotatable bonds is 13. The van der Waals surface area contributed by atoms with Crippen molar-refractivity contribution in [2.45, 2.75) is 135 Å². The molecule has 4 aliphatic rings. The molecular weight excluding hydrogens is 622 g/mol. The number of nitrogens with two attached hydrogens (primary N) is 1. The van der Waals surface area contributed by atoms with Crippen LogP contribution in [0.15, 0.2) is 0 Å². The topological polar surface area (TPSA) is 185 Å². The van der Waals surface area contributed by atoms with Crippen LogP contribution in [-0.4, -0.2) is 84.1 Å². The molecule has 1 saturated heterocycles.